The van der Waals surface area contributed by atoms with Gasteiger partial charge in [0.1, 0.15) is 0 Å². The van der Waals surface area contributed by atoms with Gasteiger partial charge in [0.15, 0.2) is 5.82 Å². The van der Waals surface area contributed by atoms with Gasteiger partial charge in [-0.25, -0.2) is 9.97 Å². The number of benzene rings is 8. The number of nitrogens with zero attached hydrogens (tertiary/aromatic N) is 5. The van der Waals surface area contributed by atoms with Gasteiger partial charge in [0.2, 0.25) is 0 Å². The molecular formula is C54H33N5. The lowest BCUT2D eigenvalue weighted by molar-refractivity contribution is 1.17. The zero-order chi connectivity index (χ0) is 39.7. The van der Waals surface area contributed by atoms with Crippen LogP contribution >= 0.6 is 0 Å². The molecule has 0 aliphatic heterocycles. The number of fused-ring (bicyclic) bond motifs is 3. The van der Waals surface area contributed by atoms with Crippen LogP contribution < -0.4 is 0 Å². The van der Waals surface area contributed by atoms with Crippen LogP contribution in [0, 0.1) is 22.7 Å². The van der Waals surface area contributed by atoms with Gasteiger partial charge in [-0.05, 0) is 82.9 Å². The van der Waals surface area contributed by atoms with Crippen LogP contribution in [0.2, 0.25) is 0 Å². The van der Waals surface area contributed by atoms with Crippen LogP contribution in [0.1, 0.15) is 11.1 Å². The lowest BCUT2D eigenvalue weighted by atomic mass is 9.90. The standard InChI is InChI=1S/C54H33N5/c55-34-36-14-12-22-42(28-36)46-31-44(50-33-49(39-18-6-2-7-19-39)57-54(58-50)40-20-8-3-9-21-40)32-47(43-23-13-15-37(29-43)35-56)53(46)59-51-25-11-10-24-45(51)48-30-41(26-27-52(48)59)38-16-4-1-5-17-38/h1-33H. The largest absolute Gasteiger partial charge is 0.308 e. The van der Waals surface area contributed by atoms with Crippen LogP contribution in [0.3, 0.4) is 0 Å². The molecule has 5 heteroatoms. The fourth-order valence-corrected chi connectivity index (χ4v) is 8.07. The van der Waals surface area contributed by atoms with Crippen molar-refractivity contribution in [3.8, 4) is 85.1 Å². The van der Waals surface area contributed by atoms with E-state index in [4.69, 9.17) is 9.97 Å². The molecule has 10 aromatic rings. The van der Waals surface area contributed by atoms with Crippen molar-refractivity contribution < 1.29 is 0 Å². The number of para-hydroxylation sites is 1. The fourth-order valence-electron chi connectivity index (χ4n) is 8.07. The van der Waals surface area contributed by atoms with E-state index in [0.717, 1.165) is 89.0 Å². The highest BCUT2D eigenvalue weighted by molar-refractivity contribution is 6.12. The molecule has 0 bridgehead atoms. The Morgan fingerprint density at radius 2 is 0.864 bits per heavy atom. The third-order valence-electron chi connectivity index (χ3n) is 10.8. The van der Waals surface area contributed by atoms with Crippen LogP contribution in [0.25, 0.3) is 94.8 Å². The first kappa shape index (κ1) is 35.1. The Hall–Kier alpha value is -8.38. The molecule has 8 aromatic carbocycles. The quantitative estimate of drug-likeness (QED) is 0.162. The van der Waals surface area contributed by atoms with Gasteiger partial charge in [-0.15, -0.1) is 0 Å². The molecule has 0 radical (unpaired) electrons. The Bertz CT molecular complexity index is 3140. The Kier molecular flexibility index (Phi) is 8.88. The van der Waals surface area contributed by atoms with Crippen molar-refractivity contribution in [1.29, 1.82) is 10.5 Å². The zero-order valence-corrected chi connectivity index (χ0v) is 31.8. The van der Waals surface area contributed by atoms with Gasteiger partial charge in [0.25, 0.3) is 0 Å². The number of hydrogen-bond donors (Lipinski definition) is 0. The number of nitriles is 2. The summed E-state index contributed by atoms with van der Waals surface area (Å²) in [5, 5.41) is 22.6. The number of hydrogen-bond acceptors (Lipinski definition) is 4. The SMILES string of the molecule is N#Cc1cccc(-c2cc(-c3cc(-c4ccccc4)nc(-c4ccccc4)n3)cc(-c3cccc(C#N)c3)c2-n2c3ccccc3c3cc(-c4ccccc4)ccc32)c1. The third-order valence-corrected chi connectivity index (χ3v) is 10.8. The topological polar surface area (TPSA) is 78.3 Å². The van der Waals surface area contributed by atoms with Crippen LogP contribution in [0.5, 0.6) is 0 Å². The summed E-state index contributed by atoms with van der Waals surface area (Å²) >= 11 is 0. The van der Waals surface area contributed by atoms with E-state index in [2.05, 4.69) is 120 Å². The van der Waals surface area contributed by atoms with Crippen molar-refractivity contribution in [2.24, 2.45) is 0 Å². The maximum Gasteiger partial charge on any atom is 0.160 e. The van der Waals surface area contributed by atoms with Gasteiger partial charge in [-0.1, -0.05) is 140 Å². The Morgan fingerprint density at radius 1 is 0.356 bits per heavy atom. The molecule has 2 heterocycles. The van der Waals surface area contributed by atoms with Crippen molar-refractivity contribution >= 4 is 21.8 Å². The molecule has 2 aromatic heterocycles. The molecule has 0 N–H and O–H groups in total. The first-order valence-electron chi connectivity index (χ1n) is 19.4. The maximum atomic E-state index is 10.2. The summed E-state index contributed by atoms with van der Waals surface area (Å²) in [5.41, 5.74) is 14.3. The smallest absolute Gasteiger partial charge is 0.160 e. The molecule has 0 fully saturated rings. The highest BCUT2D eigenvalue weighted by Gasteiger charge is 2.23. The van der Waals surface area contributed by atoms with Gasteiger partial charge < -0.3 is 4.57 Å². The molecule has 10 rings (SSSR count). The minimum absolute atomic E-state index is 0.557. The molecule has 59 heavy (non-hydrogen) atoms. The highest BCUT2D eigenvalue weighted by atomic mass is 15.0. The third kappa shape index (κ3) is 6.50. The summed E-state index contributed by atoms with van der Waals surface area (Å²) < 4.78 is 2.34. The Labute approximate surface area is 342 Å². The minimum Gasteiger partial charge on any atom is -0.308 e. The average molecular weight is 752 g/mol. The lowest BCUT2D eigenvalue weighted by Gasteiger charge is -2.21. The van der Waals surface area contributed by atoms with E-state index in [1.54, 1.807) is 0 Å². The highest BCUT2D eigenvalue weighted by Crippen LogP contribution is 2.45. The van der Waals surface area contributed by atoms with E-state index in [1.165, 1.54) is 0 Å². The average Bonchev–Trinajstić information content (AvgIpc) is 3.65. The van der Waals surface area contributed by atoms with Crippen LogP contribution in [0.4, 0.5) is 0 Å². The summed E-state index contributed by atoms with van der Waals surface area (Å²) in [6.07, 6.45) is 0. The van der Waals surface area contributed by atoms with E-state index in [1.807, 2.05) is 97.1 Å². The first-order chi connectivity index (χ1) is 29.1. The number of aromatic nitrogens is 3. The van der Waals surface area contributed by atoms with E-state index in [-0.39, 0.29) is 0 Å². The Balaban J connectivity index is 1.33. The molecule has 0 amide bonds. The fraction of sp³-hybridized carbons (Fsp3) is 0. The zero-order valence-electron chi connectivity index (χ0n) is 31.8. The van der Waals surface area contributed by atoms with E-state index in [9.17, 15) is 10.5 Å². The molecule has 0 spiro atoms. The first-order valence-corrected chi connectivity index (χ1v) is 19.4. The second-order valence-electron chi connectivity index (χ2n) is 14.4. The summed E-state index contributed by atoms with van der Waals surface area (Å²) in [4.78, 5) is 10.3. The van der Waals surface area contributed by atoms with Crippen LogP contribution in [-0.4, -0.2) is 14.5 Å². The van der Waals surface area contributed by atoms with Crippen LogP contribution in [-0.2, 0) is 0 Å². The van der Waals surface area contributed by atoms with E-state index >= 15 is 0 Å². The molecular weight excluding hydrogens is 719 g/mol. The summed E-state index contributed by atoms with van der Waals surface area (Å²) in [6, 6.07) is 72.5. The summed E-state index contributed by atoms with van der Waals surface area (Å²) in [6.45, 7) is 0. The predicted molar refractivity (Wildman–Crippen MR) is 238 cm³/mol. The van der Waals surface area contributed by atoms with E-state index in [0.29, 0.717) is 17.0 Å². The number of rotatable bonds is 7. The van der Waals surface area contributed by atoms with Gasteiger partial charge in [0.05, 0.1) is 51.4 Å². The molecule has 0 saturated carbocycles. The summed E-state index contributed by atoms with van der Waals surface area (Å²) in [5.74, 6) is 0.615. The predicted octanol–water partition coefficient (Wildman–Crippen LogP) is 13.3. The molecule has 0 unspecified atom stereocenters. The normalized spacial score (nSPS) is 11.0. The van der Waals surface area contributed by atoms with Crippen molar-refractivity contribution in [1.82, 2.24) is 14.5 Å². The van der Waals surface area contributed by atoms with Crippen molar-refractivity contribution in [2.75, 3.05) is 0 Å². The van der Waals surface area contributed by atoms with Gasteiger partial charge >= 0.3 is 0 Å². The van der Waals surface area contributed by atoms with Crippen molar-refractivity contribution in [3.05, 3.63) is 211 Å². The van der Waals surface area contributed by atoms with Gasteiger partial charge in [0, 0.05) is 38.6 Å². The minimum atomic E-state index is 0.557. The monoisotopic (exact) mass is 751 g/mol. The van der Waals surface area contributed by atoms with Gasteiger partial charge in [-0.2, -0.15) is 10.5 Å². The van der Waals surface area contributed by atoms with E-state index < -0.39 is 0 Å². The summed E-state index contributed by atoms with van der Waals surface area (Å²) in [7, 11) is 0. The molecule has 0 saturated heterocycles. The molecule has 0 aliphatic rings. The molecule has 5 nitrogen and oxygen atoms in total. The Morgan fingerprint density at radius 3 is 1.47 bits per heavy atom. The lowest BCUT2D eigenvalue weighted by Crippen LogP contribution is -2.03. The van der Waals surface area contributed by atoms with Crippen molar-refractivity contribution in [3.63, 3.8) is 0 Å². The molecule has 0 aliphatic carbocycles. The second-order valence-corrected chi connectivity index (χ2v) is 14.4. The maximum absolute atomic E-state index is 10.2. The van der Waals surface area contributed by atoms with Crippen LogP contribution in [0.15, 0.2) is 200 Å². The van der Waals surface area contributed by atoms with Gasteiger partial charge in [-0.3, -0.25) is 0 Å². The second kappa shape index (κ2) is 14.9. The van der Waals surface area contributed by atoms with Crippen molar-refractivity contribution in [2.45, 2.75) is 0 Å². The molecule has 0 atom stereocenters. The molecule has 274 valence electrons.